The Bertz CT molecular complexity index is 1550. The van der Waals surface area contributed by atoms with Crippen molar-refractivity contribution >= 4 is 69.4 Å². The van der Waals surface area contributed by atoms with Crippen molar-refractivity contribution in [3.8, 4) is 17.0 Å². The number of fused-ring (bicyclic) bond motifs is 1. The number of aromatic nitrogens is 3. The number of rotatable bonds is 4. The average molecular weight is 521 g/mol. The predicted molar refractivity (Wildman–Crippen MR) is 135 cm³/mol. The van der Waals surface area contributed by atoms with E-state index in [0.29, 0.717) is 28.1 Å². The molecule has 3 N–H and O–H groups in total. The van der Waals surface area contributed by atoms with Crippen molar-refractivity contribution in [3.05, 3.63) is 76.9 Å². The number of nitrogens with zero attached hydrogens (tertiary/aromatic N) is 4. The van der Waals surface area contributed by atoms with Crippen LogP contribution in [-0.2, 0) is 9.59 Å². The zero-order valence-electron chi connectivity index (χ0n) is 18.1. The Morgan fingerprint density at radius 3 is 2.22 bits per heavy atom. The second-order valence-corrected chi connectivity index (χ2v) is 8.37. The van der Waals surface area contributed by atoms with Gasteiger partial charge in [-0.3, -0.25) is 14.9 Å². The molecular formula is C24H14Cl2N6O4. The fraction of sp³-hybridized carbons (Fsp3) is 0. The van der Waals surface area contributed by atoms with Crippen molar-refractivity contribution in [2.75, 3.05) is 15.5 Å². The molecule has 2 aromatic carbocycles. The van der Waals surface area contributed by atoms with Crippen LogP contribution in [0.3, 0.4) is 0 Å². The van der Waals surface area contributed by atoms with Gasteiger partial charge in [-0.25, -0.2) is 24.6 Å². The number of benzene rings is 2. The molecule has 2 aromatic heterocycles. The van der Waals surface area contributed by atoms with E-state index in [2.05, 4.69) is 25.6 Å². The lowest BCUT2D eigenvalue weighted by Gasteiger charge is -2.14. The monoisotopic (exact) mass is 520 g/mol. The number of carbonyl (C=O) groups is 3. The zero-order chi connectivity index (χ0) is 25.4. The topological polar surface area (TPSA) is 137 Å². The van der Waals surface area contributed by atoms with E-state index in [1.165, 1.54) is 30.5 Å². The molecule has 36 heavy (non-hydrogen) atoms. The van der Waals surface area contributed by atoms with Gasteiger partial charge >= 0.3 is 6.03 Å². The maximum Gasteiger partial charge on any atom is 0.324 e. The van der Waals surface area contributed by atoms with Crippen LogP contribution in [0, 0.1) is 0 Å². The number of hydrogen-bond donors (Lipinski definition) is 3. The van der Waals surface area contributed by atoms with Crippen LogP contribution in [0.25, 0.3) is 22.4 Å². The number of amides is 4. The van der Waals surface area contributed by atoms with Crippen LogP contribution in [0.5, 0.6) is 5.75 Å². The SMILES string of the molecule is O=C(Nc1ccc(N2C(=O)C=CC2=O)cc1)Nc1cnc2ccc(-c3cc(Cl)c(O)c(Cl)c3)nc2n1. The number of urea groups is 1. The van der Waals surface area contributed by atoms with Crippen molar-refractivity contribution in [1.82, 2.24) is 15.0 Å². The van der Waals surface area contributed by atoms with Crippen LogP contribution in [0.1, 0.15) is 0 Å². The van der Waals surface area contributed by atoms with E-state index in [0.717, 1.165) is 4.90 Å². The molecule has 12 heteroatoms. The molecule has 1 aliphatic heterocycles. The molecule has 0 aliphatic carbocycles. The Balaban J connectivity index is 1.31. The highest BCUT2D eigenvalue weighted by atomic mass is 35.5. The van der Waals surface area contributed by atoms with E-state index in [-0.39, 0.29) is 27.3 Å². The molecule has 0 atom stereocenters. The molecule has 0 unspecified atom stereocenters. The summed E-state index contributed by atoms with van der Waals surface area (Å²) in [5.41, 5.74) is 2.64. The summed E-state index contributed by atoms with van der Waals surface area (Å²) in [5.74, 6) is -0.921. The summed E-state index contributed by atoms with van der Waals surface area (Å²) < 4.78 is 0. The number of hydrogen-bond acceptors (Lipinski definition) is 7. The zero-order valence-corrected chi connectivity index (χ0v) is 19.6. The molecule has 0 saturated heterocycles. The molecule has 178 valence electrons. The van der Waals surface area contributed by atoms with Gasteiger partial charge in [0.25, 0.3) is 11.8 Å². The summed E-state index contributed by atoms with van der Waals surface area (Å²) in [6, 6.07) is 12.1. The molecule has 0 saturated carbocycles. The first-order chi connectivity index (χ1) is 17.3. The van der Waals surface area contributed by atoms with Crippen molar-refractivity contribution in [2.45, 2.75) is 0 Å². The second-order valence-electron chi connectivity index (χ2n) is 7.55. The average Bonchev–Trinajstić information content (AvgIpc) is 3.20. The highest BCUT2D eigenvalue weighted by molar-refractivity contribution is 6.37. The van der Waals surface area contributed by atoms with Gasteiger partial charge in [-0.05, 0) is 48.5 Å². The van der Waals surface area contributed by atoms with Gasteiger partial charge in [0, 0.05) is 23.4 Å². The quantitative estimate of drug-likeness (QED) is 0.329. The Morgan fingerprint density at radius 1 is 0.889 bits per heavy atom. The number of anilines is 3. The van der Waals surface area contributed by atoms with E-state index >= 15 is 0 Å². The van der Waals surface area contributed by atoms with Gasteiger partial charge in [0.2, 0.25) is 0 Å². The summed E-state index contributed by atoms with van der Waals surface area (Å²) in [6.45, 7) is 0. The number of pyridine rings is 1. The van der Waals surface area contributed by atoms with Gasteiger partial charge in [0.15, 0.2) is 17.2 Å². The molecule has 1 aliphatic rings. The Hall–Kier alpha value is -4.54. The van der Waals surface area contributed by atoms with Crippen LogP contribution < -0.4 is 15.5 Å². The maximum atomic E-state index is 12.5. The standard InChI is InChI=1S/C24H14Cl2N6O4/c25-15-9-12(10-16(26)22(15)35)17-5-6-18-23(29-17)30-19(11-27-18)31-24(36)28-13-1-3-14(4-2-13)32-20(33)7-8-21(32)34/h1-11,35H,(H2,28,29,30,31,36). The third kappa shape index (κ3) is 4.54. The normalized spacial score (nSPS) is 12.9. The fourth-order valence-corrected chi connectivity index (χ4v) is 3.95. The van der Waals surface area contributed by atoms with Crippen LogP contribution in [-0.4, -0.2) is 37.9 Å². The highest BCUT2D eigenvalue weighted by Gasteiger charge is 2.24. The third-order valence-electron chi connectivity index (χ3n) is 5.15. The van der Waals surface area contributed by atoms with Gasteiger partial charge < -0.3 is 10.4 Å². The minimum atomic E-state index is -0.584. The summed E-state index contributed by atoms with van der Waals surface area (Å²) in [4.78, 5) is 50.1. The molecule has 0 radical (unpaired) electrons. The molecule has 0 fully saturated rings. The van der Waals surface area contributed by atoms with Crippen molar-refractivity contribution in [1.29, 1.82) is 0 Å². The Kier molecular flexibility index (Phi) is 5.96. The smallest absolute Gasteiger partial charge is 0.324 e. The Labute approximate surface area is 213 Å². The minimum Gasteiger partial charge on any atom is -0.505 e. The second kappa shape index (κ2) is 9.25. The molecule has 0 bridgehead atoms. The van der Waals surface area contributed by atoms with Crippen LogP contribution in [0.15, 0.2) is 66.9 Å². The van der Waals surface area contributed by atoms with E-state index in [1.54, 1.807) is 36.4 Å². The van der Waals surface area contributed by atoms with Crippen LogP contribution in [0.2, 0.25) is 10.0 Å². The summed E-state index contributed by atoms with van der Waals surface area (Å²) in [7, 11) is 0. The van der Waals surface area contributed by atoms with Crippen molar-refractivity contribution in [2.24, 2.45) is 0 Å². The van der Waals surface area contributed by atoms with Crippen molar-refractivity contribution in [3.63, 3.8) is 0 Å². The van der Waals surface area contributed by atoms with Gasteiger partial charge in [-0.1, -0.05) is 23.2 Å². The van der Waals surface area contributed by atoms with Gasteiger partial charge in [-0.2, -0.15) is 0 Å². The van der Waals surface area contributed by atoms with E-state index in [9.17, 15) is 19.5 Å². The minimum absolute atomic E-state index is 0.0842. The number of phenols is 1. The van der Waals surface area contributed by atoms with Crippen LogP contribution in [0.4, 0.5) is 22.0 Å². The number of aromatic hydroxyl groups is 1. The molecule has 5 rings (SSSR count). The predicted octanol–water partition coefficient (Wildman–Crippen LogP) is 4.78. The van der Waals surface area contributed by atoms with Gasteiger partial charge in [0.05, 0.1) is 27.6 Å². The fourth-order valence-electron chi connectivity index (χ4n) is 3.46. The number of carbonyl (C=O) groups excluding carboxylic acids is 3. The number of imide groups is 1. The lowest BCUT2D eigenvalue weighted by Crippen LogP contribution is -2.29. The van der Waals surface area contributed by atoms with E-state index in [1.807, 2.05) is 0 Å². The molecule has 4 aromatic rings. The number of nitrogens with one attached hydrogen (secondary N) is 2. The summed E-state index contributed by atoms with van der Waals surface area (Å²) >= 11 is 12.0. The van der Waals surface area contributed by atoms with Gasteiger partial charge in [0.1, 0.15) is 5.52 Å². The van der Waals surface area contributed by atoms with Crippen molar-refractivity contribution < 1.29 is 19.5 Å². The van der Waals surface area contributed by atoms with Gasteiger partial charge in [-0.15, -0.1) is 0 Å². The largest absolute Gasteiger partial charge is 0.505 e. The lowest BCUT2D eigenvalue weighted by atomic mass is 10.1. The summed E-state index contributed by atoms with van der Waals surface area (Å²) in [5, 5.41) is 15.2. The number of phenolic OH excluding ortho intramolecular Hbond substituents is 1. The third-order valence-corrected chi connectivity index (χ3v) is 5.73. The van der Waals surface area contributed by atoms with E-state index < -0.39 is 17.8 Å². The molecule has 4 amide bonds. The lowest BCUT2D eigenvalue weighted by molar-refractivity contribution is -0.119. The Morgan fingerprint density at radius 2 is 1.56 bits per heavy atom. The molecule has 10 nitrogen and oxygen atoms in total. The van der Waals surface area contributed by atoms with E-state index in [4.69, 9.17) is 23.2 Å². The molecular weight excluding hydrogens is 507 g/mol. The first kappa shape index (κ1) is 23.2. The molecule has 3 heterocycles. The first-order valence-corrected chi connectivity index (χ1v) is 11.1. The first-order valence-electron chi connectivity index (χ1n) is 10.3. The highest BCUT2D eigenvalue weighted by Crippen LogP contribution is 2.36. The molecule has 0 spiro atoms. The summed E-state index contributed by atoms with van der Waals surface area (Å²) in [6.07, 6.45) is 3.77. The van der Waals surface area contributed by atoms with Crippen LogP contribution >= 0.6 is 23.2 Å². The maximum absolute atomic E-state index is 12.5. The number of halogens is 2.